The number of nitrogens with one attached hydrogen (secondary N) is 2. The van der Waals surface area contributed by atoms with Crippen LogP contribution in [-0.2, 0) is 6.18 Å². The zero-order chi connectivity index (χ0) is 12.9. The molecule has 0 aliphatic heterocycles. The van der Waals surface area contributed by atoms with Gasteiger partial charge in [-0.25, -0.2) is 15.8 Å². The lowest BCUT2D eigenvalue weighted by Crippen LogP contribution is -2.17. The molecule has 0 atom stereocenters. The number of hydrazine groups is 1. The number of rotatable bonds is 5. The van der Waals surface area contributed by atoms with Crippen LogP contribution < -0.4 is 16.6 Å². The summed E-state index contributed by atoms with van der Waals surface area (Å²) in [4.78, 5) is 6.62. The SMILES string of the molecule is CCCCNc1cc(NN)nc(C(F)(F)F)n1. The van der Waals surface area contributed by atoms with Crippen LogP contribution >= 0.6 is 0 Å². The second kappa shape index (κ2) is 5.67. The Hall–Kier alpha value is -1.57. The van der Waals surface area contributed by atoms with Crippen molar-refractivity contribution in [2.75, 3.05) is 17.3 Å². The molecule has 96 valence electrons. The van der Waals surface area contributed by atoms with E-state index in [0.717, 1.165) is 12.8 Å². The zero-order valence-corrected chi connectivity index (χ0v) is 9.30. The third kappa shape index (κ3) is 4.06. The molecule has 1 rings (SSSR count). The van der Waals surface area contributed by atoms with Gasteiger partial charge in [0.15, 0.2) is 0 Å². The summed E-state index contributed by atoms with van der Waals surface area (Å²) >= 11 is 0. The lowest BCUT2D eigenvalue weighted by molar-refractivity contribution is -0.144. The number of nitrogen functional groups attached to an aromatic ring is 1. The van der Waals surface area contributed by atoms with Gasteiger partial charge in [-0.05, 0) is 6.42 Å². The van der Waals surface area contributed by atoms with Crippen molar-refractivity contribution in [2.45, 2.75) is 25.9 Å². The highest BCUT2D eigenvalue weighted by atomic mass is 19.4. The molecule has 4 N–H and O–H groups in total. The fourth-order valence-corrected chi connectivity index (χ4v) is 1.13. The average molecular weight is 249 g/mol. The molecule has 0 radical (unpaired) electrons. The maximum Gasteiger partial charge on any atom is 0.451 e. The predicted molar refractivity (Wildman–Crippen MR) is 58.2 cm³/mol. The van der Waals surface area contributed by atoms with Gasteiger partial charge in [0.05, 0.1) is 0 Å². The highest BCUT2D eigenvalue weighted by molar-refractivity contribution is 5.47. The Morgan fingerprint density at radius 2 is 1.94 bits per heavy atom. The predicted octanol–water partition coefficient (Wildman–Crippen LogP) is 1.99. The first-order chi connectivity index (χ1) is 7.97. The van der Waals surface area contributed by atoms with Gasteiger partial charge in [-0.15, -0.1) is 0 Å². The van der Waals surface area contributed by atoms with E-state index in [1.165, 1.54) is 6.07 Å². The first-order valence-electron chi connectivity index (χ1n) is 5.14. The van der Waals surface area contributed by atoms with E-state index in [0.29, 0.717) is 6.54 Å². The van der Waals surface area contributed by atoms with Crippen LogP contribution in [0.15, 0.2) is 6.07 Å². The van der Waals surface area contributed by atoms with Gasteiger partial charge in [0.25, 0.3) is 0 Å². The minimum atomic E-state index is -4.59. The number of aromatic nitrogens is 2. The van der Waals surface area contributed by atoms with Crippen molar-refractivity contribution in [1.82, 2.24) is 9.97 Å². The van der Waals surface area contributed by atoms with E-state index in [1.807, 2.05) is 6.92 Å². The number of anilines is 2. The number of alkyl halides is 3. The quantitative estimate of drug-likeness (QED) is 0.422. The summed E-state index contributed by atoms with van der Waals surface area (Å²) in [5.74, 6) is 3.86. The standard InChI is InChI=1S/C9H14F3N5/c1-2-3-4-14-6-5-7(17-13)16-8(15-6)9(10,11)12/h5H,2-4,13H2,1H3,(H2,14,15,16,17). The van der Waals surface area contributed by atoms with Gasteiger partial charge in [0, 0.05) is 12.6 Å². The van der Waals surface area contributed by atoms with Gasteiger partial charge in [-0.3, -0.25) is 0 Å². The molecule has 5 nitrogen and oxygen atoms in total. The first-order valence-corrected chi connectivity index (χ1v) is 5.14. The van der Waals surface area contributed by atoms with E-state index in [1.54, 1.807) is 0 Å². The molecule has 0 saturated carbocycles. The Kier molecular flexibility index (Phi) is 4.50. The van der Waals surface area contributed by atoms with Crippen LogP contribution in [0.1, 0.15) is 25.6 Å². The van der Waals surface area contributed by atoms with Gasteiger partial charge in [-0.1, -0.05) is 13.3 Å². The molecule has 0 bridgehead atoms. The van der Waals surface area contributed by atoms with Gasteiger partial charge in [0.1, 0.15) is 11.6 Å². The van der Waals surface area contributed by atoms with Crippen LogP contribution in [0.4, 0.5) is 24.8 Å². The largest absolute Gasteiger partial charge is 0.451 e. The molecule has 0 aliphatic carbocycles. The second-order valence-corrected chi connectivity index (χ2v) is 3.38. The van der Waals surface area contributed by atoms with Crippen LogP contribution in [0.5, 0.6) is 0 Å². The summed E-state index contributed by atoms with van der Waals surface area (Å²) in [7, 11) is 0. The Balaban J connectivity index is 2.89. The molecule has 0 saturated heterocycles. The molecule has 0 unspecified atom stereocenters. The number of hydrogen-bond donors (Lipinski definition) is 3. The third-order valence-corrected chi connectivity index (χ3v) is 1.96. The van der Waals surface area contributed by atoms with Gasteiger partial charge < -0.3 is 10.7 Å². The maximum absolute atomic E-state index is 12.5. The van der Waals surface area contributed by atoms with Gasteiger partial charge in [-0.2, -0.15) is 13.2 Å². The van der Waals surface area contributed by atoms with E-state index in [9.17, 15) is 13.2 Å². The number of halogens is 3. The smallest absolute Gasteiger partial charge is 0.370 e. The molecule has 1 aromatic heterocycles. The summed E-state index contributed by atoms with van der Waals surface area (Å²) in [6, 6.07) is 1.32. The number of hydrogen-bond acceptors (Lipinski definition) is 5. The van der Waals surface area contributed by atoms with Crippen LogP contribution in [0, 0.1) is 0 Å². The average Bonchev–Trinajstić information content (AvgIpc) is 2.28. The minimum Gasteiger partial charge on any atom is -0.370 e. The van der Waals surface area contributed by atoms with Crippen molar-refractivity contribution in [3.63, 3.8) is 0 Å². The molecule has 0 aromatic carbocycles. The summed E-state index contributed by atoms with van der Waals surface area (Å²) in [5.41, 5.74) is 2.08. The summed E-state index contributed by atoms with van der Waals surface area (Å²) < 4.78 is 37.4. The number of nitrogens with zero attached hydrogens (tertiary/aromatic N) is 2. The Labute approximate surface area is 96.6 Å². The Morgan fingerprint density at radius 3 is 2.47 bits per heavy atom. The van der Waals surface area contributed by atoms with Crippen molar-refractivity contribution in [1.29, 1.82) is 0 Å². The summed E-state index contributed by atoms with van der Waals surface area (Å²) in [5, 5.41) is 2.79. The minimum absolute atomic E-state index is 0.0775. The van der Waals surface area contributed by atoms with Crippen LogP contribution in [-0.4, -0.2) is 16.5 Å². The van der Waals surface area contributed by atoms with Crippen molar-refractivity contribution in [3.05, 3.63) is 11.9 Å². The van der Waals surface area contributed by atoms with Crippen molar-refractivity contribution >= 4 is 11.6 Å². The van der Waals surface area contributed by atoms with Crippen molar-refractivity contribution in [3.8, 4) is 0 Å². The van der Waals surface area contributed by atoms with Crippen LogP contribution in [0.25, 0.3) is 0 Å². The lowest BCUT2D eigenvalue weighted by atomic mass is 10.3. The van der Waals surface area contributed by atoms with Crippen LogP contribution in [0.3, 0.4) is 0 Å². The molecule has 1 aromatic rings. The van der Waals surface area contributed by atoms with Crippen molar-refractivity contribution < 1.29 is 13.2 Å². The molecular weight excluding hydrogens is 235 g/mol. The topological polar surface area (TPSA) is 75.9 Å². The summed E-state index contributed by atoms with van der Waals surface area (Å²) in [6.07, 6.45) is -2.81. The summed E-state index contributed by atoms with van der Waals surface area (Å²) in [6.45, 7) is 2.53. The molecule has 0 aliphatic rings. The first kappa shape index (κ1) is 13.5. The molecular formula is C9H14F3N5. The molecule has 0 spiro atoms. The van der Waals surface area contributed by atoms with Crippen molar-refractivity contribution in [2.24, 2.45) is 5.84 Å². The Bertz CT molecular complexity index is 366. The van der Waals surface area contributed by atoms with E-state index in [2.05, 4.69) is 20.7 Å². The highest BCUT2D eigenvalue weighted by Gasteiger charge is 2.35. The second-order valence-electron chi connectivity index (χ2n) is 3.38. The highest BCUT2D eigenvalue weighted by Crippen LogP contribution is 2.28. The molecule has 0 fully saturated rings. The third-order valence-electron chi connectivity index (χ3n) is 1.96. The monoisotopic (exact) mass is 249 g/mol. The zero-order valence-electron chi connectivity index (χ0n) is 9.30. The maximum atomic E-state index is 12.5. The van der Waals surface area contributed by atoms with E-state index < -0.39 is 12.0 Å². The fraction of sp³-hybridized carbons (Fsp3) is 0.556. The fourth-order valence-electron chi connectivity index (χ4n) is 1.13. The number of unbranched alkanes of at least 4 members (excludes halogenated alkanes) is 1. The van der Waals surface area contributed by atoms with E-state index in [4.69, 9.17) is 5.84 Å². The molecule has 0 amide bonds. The van der Waals surface area contributed by atoms with Gasteiger partial charge >= 0.3 is 6.18 Å². The number of nitrogens with two attached hydrogens (primary N) is 1. The molecule has 17 heavy (non-hydrogen) atoms. The Morgan fingerprint density at radius 1 is 1.29 bits per heavy atom. The lowest BCUT2D eigenvalue weighted by Gasteiger charge is -2.10. The van der Waals surface area contributed by atoms with E-state index in [-0.39, 0.29) is 11.6 Å². The van der Waals surface area contributed by atoms with Crippen LogP contribution in [0.2, 0.25) is 0 Å². The van der Waals surface area contributed by atoms with Gasteiger partial charge in [0.2, 0.25) is 5.82 Å². The van der Waals surface area contributed by atoms with E-state index >= 15 is 0 Å². The normalized spacial score (nSPS) is 11.4. The molecule has 8 heteroatoms. The molecule has 1 heterocycles.